The summed E-state index contributed by atoms with van der Waals surface area (Å²) in [7, 11) is 0. The van der Waals surface area contributed by atoms with Gasteiger partial charge in [-0.05, 0) is 11.4 Å². The van der Waals surface area contributed by atoms with Crippen LogP contribution in [-0.2, 0) is 12.8 Å². The van der Waals surface area contributed by atoms with Crippen molar-refractivity contribution in [3.8, 4) is 0 Å². The zero-order valence-corrected chi connectivity index (χ0v) is 10.7. The highest BCUT2D eigenvalue weighted by atomic mass is 32.1. The van der Waals surface area contributed by atoms with Crippen LogP contribution in [0.2, 0.25) is 0 Å². The number of aliphatic hydroxyl groups excluding tert-OH is 1. The molecule has 0 saturated heterocycles. The van der Waals surface area contributed by atoms with Crippen LogP contribution in [0.25, 0.3) is 4.96 Å². The van der Waals surface area contributed by atoms with E-state index < -0.39 is 0 Å². The third-order valence-corrected chi connectivity index (χ3v) is 4.27. The molecule has 3 aromatic rings. The second-order valence-corrected chi connectivity index (χ2v) is 5.87. The summed E-state index contributed by atoms with van der Waals surface area (Å²) >= 11 is 3.30. The molecule has 0 amide bonds. The molecule has 0 saturated carbocycles. The van der Waals surface area contributed by atoms with Gasteiger partial charge in [0.2, 0.25) is 0 Å². The van der Waals surface area contributed by atoms with E-state index in [9.17, 15) is 5.11 Å². The summed E-state index contributed by atoms with van der Waals surface area (Å²) in [5.41, 5.74) is 0.959. The molecule has 5 heteroatoms. The minimum Gasteiger partial charge on any atom is -0.392 e. The van der Waals surface area contributed by atoms with Gasteiger partial charge < -0.3 is 5.11 Å². The van der Waals surface area contributed by atoms with Gasteiger partial charge in [0, 0.05) is 35.5 Å². The van der Waals surface area contributed by atoms with Crippen LogP contribution in [0.3, 0.4) is 0 Å². The first kappa shape index (κ1) is 11.0. The van der Waals surface area contributed by atoms with Gasteiger partial charge >= 0.3 is 0 Å². The Kier molecular flexibility index (Phi) is 2.96. The SMILES string of the molecule is OC(Cc1cn2ccsc2n1)Cc1cccs1. The molecule has 1 atom stereocenters. The third kappa shape index (κ3) is 2.41. The van der Waals surface area contributed by atoms with Gasteiger partial charge in [-0.2, -0.15) is 0 Å². The normalized spacial score (nSPS) is 13.2. The maximum atomic E-state index is 10.00. The van der Waals surface area contributed by atoms with Crippen LogP contribution in [-0.4, -0.2) is 20.6 Å². The lowest BCUT2D eigenvalue weighted by molar-refractivity contribution is 0.175. The number of thiazole rings is 1. The molecular weight excluding hydrogens is 252 g/mol. The second-order valence-electron chi connectivity index (χ2n) is 3.97. The zero-order chi connectivity index (χ0) is 11.7. The monoisotopic (exact) mass is 264 g/mol. The van der Waals surface area contributed by atoms with E-state index in [1.54, 1.807) is 22.7 Å². The number of thiophene rings is 1. The van der Waals surface area contributed by atoms with Gasteiger partial charge in [-0.3, -0.25) is 4.40 Å². The Bertz CT molecular complexity index is 568. The van der Waals surface area contributed by atoms with E-state index in [1.165, 1.54) is 4.88 Å². The molecule has 1 unspecified atom stereocenters. The molecule has 0 aliphatic carbocycles. The van der Waals surface area contributed by atoms with Crippen LogP contribution < -0.4 is 0 Å². The van der Waals surface area contributed by atoms with Crippen LogP contribution in [0.1, 0.15) is 10.6 Å². The van der Waals surface area contributed by atoms with Crippen molar-refractivity contribution in [1.29, 1.82) is 0 Å². The van der Waals surface area contributed by atoms with E-state index in [-0.39, 0.29) is 6.10 Å². The predicted molar refractivity (Wildman–Crippen MR) is 70.8 cm³/mol. The molecule has 88 valence electrons. The lowest BCUT2D eigenvalue weighted by atomic mass is 10.1. The van der Waals surface area contributed by atoms with Crippen molar-refractivity contribution in [3.63, 3.8) is 0 Å². The summed E-state index contributed by atoms with van der Waals surface area (Å²) in [4.78, 5) is 6.68. The van der Waals surface area contributed by atoms with Crippen molar-refractivity contribution in [2.45, 2.75) is 18.9 Å². The van der Waals surface area contributed by atoms with Gasteiger partial charge in [-0.15, -0.1) is 22.7 Å². The minimum absolute atomic E-state index is 0.349. The lowest BCUT2D eigenvalue weighted by Crippen LogP contribution is -2.13. The topological polar surface area (TPSA) is 37.5 Å². The third-order valence-electron chi connectivity index (χ3n) is 2.60. The smallest absolute Gasteiger partial charge is 0.193 e. The summed E-state index contributed by atoms with van der Waals surface area (Å²) in [6, 6.07) is 4.07. The Morgan fingerprint density at radius 2 is 2.24 bits per heavy atom. The van der Waals surface area contributed by atoms with E-state index in [4.69, 9.17) is 0 Å². The fourth-order valence-corrected chi connectivity index (χ4v) is 3.35. The fourth-order valence-electron chi connectivity index (χ4n) is 1.85. The highest BCUT2D eigenvalue weighted by Crippen LogP contribution is 2.16. The molecule has 0 fully saturated rings. The summed E-state index contributed by atoms with van der Waals surface area (Å²) in [5.74, 6) is 0. The van der Waals surface area contributed by atoms with Gasteiger partial charge in [0.15, 0.2) is 4.96 Å². The molecule has 0 aromatic carbocycles. The number of hydrogen-bond donors (Lipinski definition) is 1. The first-order chi connectivity index (χ1) is 8.31. The Labute approximate surface area is 107 Å². The van der Waals surface area contributed by atoms with Crippen molar-refractivity contribution in [2.75, 3.05) is 0 Å². The molecule has 0 bridgehead atoms. The number of hydrogen-bond acceptors (Lipinski definition) is 4. The van der Waals surface area contributed by atoms with E-state index >= 15 is 0 Å². The van der Waals surface area contributed by atoms with E-state index in [1.807, 2.05) is 33.6 Å². The number of rotatable bonds is 4. The number of aliphatic hydroxyl groups is 1. The first-order valence-corrected chi connectivity index (χ1v) is 7.19. The van der Waals surface area contributed by atoms with Gasteiger partial charge in [0.1, 0.15) is 0 Å². The van der Waals surface area contributed by atoms with Gasteiger partial charge in [0.25, 0.3) is 0 Å². The Balaban J connectivity index is 1.68. The number of fused-ring (bicyclic) bond motifs is 1. The zero-order valence-electron chi connectivity index (χ0n) is 9.11. The summed E-state index contributed by atoms with van der Waals surface area (Å²) in [6.07, 6.45) is 4.96. The molecule has 0 radical (unpaired) electrons. The fraction of sp³-hybridized carbons (Fsp3) is 0.250. The molecule has 0 spiro atoms. The minimum atomic E-state index is -0.349. The molecule has 3 nitrogen and oxygen atoms in total. The molecule has 1 N–H and O–H groups in total. The second kappa shape index (κ2) is 4.60. The van der Waals surface area contributed by atoms with Crippen molar-refractivity contribution in [2.24, 2.45) is 0 Å². The van der Waals surface area contributed by atoms with Crippen LogP contribution in [0.5, 0.6) is 0 Å². The first-order valence-electron chi connectivity index (χ1n) is 5.43. The molecular formula is C12H12N2OS2. The predicted octanol–water partition coefficient (Wildman–Crippen LogP) is 2.60. The quantitative estimate of drug-likeness (QED) is 0.786. The Morgan fingerprint density at radius 3 is 3.00 bits per heavy atom. The standard InChI is InChI=1S/C12H12N2OS2/c15-10(7-11-2-1-4-16-11)6-9-8-14-3-5-17-12(14)13-9/h1-5,8,10,15H,6-7H2. The van der Waals surface area contributed by atoms with Crippen LogP contribution in [0.15, 0.2) is 35.3 Å². The summed E-state index contributed by atoms with van der Waals surface area (Å²) in [6.45, 7) is 0. The number of aromatic nitrogens is 2. The Morgan fingerprint density at radius 1 is 1.29 bits per heavy atom. The van der Waals surface area contributed by atoms with E-state index in [0.717, 1.165) is 10.7 Å². The van der Waals surface area contributed by atoms with Crippen molar-refractivity contribution in [1.82, 2.24) is 9.38 Å². The highest BCUT2D eigenvalue weighted by molar-refractivity contribution is 7.15. The molecule has 0 aliphatic rings. The summed E-state index contributed by atoms with van der Waals surface area (Å²) < 4.78 is 2.00. The maximum absolute atomic E-state index is 10.00. The molecule has 17 heavy (non-hydrogen) atoms. The Hall–Kier alpha value is -1.17. The van der Waals surface area contributed by atoms with E-state index in [0.29, 0.717) is 12.8 Å². The van der Waals surface area contributed by atoms with Gasteiger partial charge in [-0.1, -0.05) is 6.07 Å². The lowest BCUT2D eigenvalue weighted by Gasteiger charge is -2.06. The van der Waals surface area contributed by atoms with Gasteiger partial charge in [-0.25, -0.2) is 4.98 Å². The molecule has 3 heterocycles. The largest absolute Gasteiger partial charge is 0.392 e. The van der Waals surface area contributed by atoms with Crippen LogP contribution in [0, 0.1) is 0 Å². The van der Waals surface area contributed by atoms with E-state index in [2.05, 4.69) is 11.1 Å². The molecule has 3 rings (SSSR count). The summed E-state index contributed by atoms with van der Waals surface area (Å²) in [5, 5.41) is 14.0. The van der Waals surface area contributed by atoms with Crippen molar-refractivity contribution < 1.29 is 5.11 Å². The molecule has 3 aromatic heterocycles. The molecule has 0 aliphatic heterocycles. The van der Waals surface area contributed by atoms with Crippen molar-refractivity contribution in [3.05, 3.63) is 45.9 Å². The van der Waals surface area contributed by atoms with Crippen LogP contribution >= 0.6 is 22.7 Å². The van der Waals surface area contributed by atoms with Crippen molar-refractivity contribution >= 4 is 27.6 Å². The number of nitrogens with zero attached hydrogens (tertiary/aromatic N) is 2. The number of imidazole rings is 1. The average molecular weight is 264 g/mol. The van der Waals surface area contributed by atoms with Gasteiger partial charge in [0.05, 0.1) is 11.8 Å². The average Bonchev–Trinajstić information content (AvgIpc) is 2.92. The van der Waals surface area contributed by atoms with Crippen LogP contribution in [0.4, 0.5) is 0 Å². The maximum Gasteiger partial charge on any atom is 0.193 e. The highest BCUT2D eigenvalue weighted by Gasteiger charge is 2.10.